The molecule has 0 atom stereocenters. The second-order valence-electron chi connectivity index (χ2n) is 7.24. The number of anilines is 1. The first-order valence-corrected chi connectivity index (χ1v) is 11.7. The highest BCUT2D eigenvalue weighted by Gasteiger charge is 2.30. The van der Waals surface area contributed by atoms with Gasteiger partial charge >= 0.3 is 0 Å². The fourth-order valence-corrected chi connectivity index (χ4v) is 4.81. The van der Waals surface area contributed by atoms with Gasteiger partial charge in [0.15, 0.2) is 0 Å². The molecule has 1 heterocycles. The molecule has 3 amide bonds. The number of benzene rings is 1. The van der Waals surface area contributed by atoms with Crippen LogP contribution < -0.4 is 5.32 Å². The van der Waals surface area contributed by atoms with Gasteiger partial charge in [-0.1, -0.05) is 34.8 Å². The van der Waals surface area contributed by atoms with E-state index in [2.05, 4.69) is 21.2 Å². The van der Waals surface area contributed by atoms with Crippen molar-refractivity contribution in [3.8, 4) is 0 Å². The molecule has 0 radical (unpaired) electrons. The molecule has 0 aromatic heterocycles. The van der Waals surface area contributed by atoms with Crippen LogP contribution in [0.4, 0.5) is 5.69 Å². The van der Waals surface area contributed by atoms with Crippen LogP contribution in [0.25, 0.3) is 0 Å². The van der Waals surface area contributed by atoms with Crippen LogP contribution >= 0.6 is 27.7 Å². The first-order valence-electron chi connectivity index (χ1n) is 9.72. The molecule has 1 aliphatic heterocycles. The lowest BCUT2D eigenvalue weighted by atomic mass is 10.1. The molecule has 1 saturated heterocycles. The Balaban J connectivity index is 1.34. The number of carbonyl (C=O) groups excluding carboxylic acids is 3. The van der Waals surface area contributed by atoms with E-state index >= 15 is 0 Å². The number of halogens is 1. The summed E-state index contributed by atoms with van der Waals surface area (Å²) in [7, 11) is 0. The molecule has 8 heteroatoms. The van der Waals surface area contributed by atoms with Gasteiger partial charge in [-0.25, -0.2) is 0 Å². The van der Waals surface area contributed by atoms with Gasteiger partial charge in [-0.2, -0.15) is 0 Å². The Morgan fingerprint density at radius 1 is 1.04 bits per heavy atom. The van der Waals surface area contributed by atoms with E-state index in [0.29, 0.717) is 26.2 Å². The van der Waals surface area contributed by atoms with Crippen LogP contribution in [0.3, 0.4) is 0 Å². The summed E-state index contributed by atoms with van der Waals surface area (Å²) in [5, 5.41) is 2.82. The van der Waals surface area contributed by atoms with Crippen molar-refractivity contribution in [3.05, 3.63) is 28.7 Å². The molecular weight excluding hydrogens is 442 g/mol. The summed E-state index contributed by atoms with van der Waals surface area (Å²) >= 11 is 4.69. The zero-order valence-electron chi connectivity index (χ0n) is 15.9. The van der Waals surface area contributed by atoms with Crippen LogP contribution in [0.2, 0.25) is 0 Å². The van der Waals surface area contributed by atoms with E-state index in [-0.39, 0.29) is 35.1 Å². The highest BCUT2D eigenvalue weighted by Crippen LogP contribution is 2.27. The van der Waals surface area contributed by atoms with Crippen LogP contribution in [-0.4, -0.2) is 65.2 Å². The van der Waals surface area contributed by atoms with Crippen LogP contribution in [0.1, 0.15) is 25.7 Å². The maximum atomic E-state index is 12.5. The fourth-order valence-electron chi connectivity index (χ4n) is 3.69. The van der Waals surface area contributed by atoms with Crippen LogP contribution in [-0.2, 0) is 14.4 Å². The average molecular weight is 468 g/mol. The quantitative estimate of drug-likeness (QED) is 0.697. The molecule has 0 spiro atoms. The number of carbonyl (C=O) groups is 3. The zero-order chi connectivity index (χ0) is 19.9. The standard InChI is InChI=1S/C20H26BrN3O3S/c21-16-6-3-7-17(12-16)22-18(25)13-28-14-19(26)23-8-10-24(11-9-23)20(27)15-4-1-2-5-15/h3,6-7,12,15H,1-2,4-5,8-11,13-14H2,(H,22,25). The summed E-state index contributed by atoms with van der Waals surface area (Å²) in [5.74, 6) is 0.891. The summed E-state index contributed by atoms with van der Waals surface area (Å²) in [6, 6.07) is 7.41. The summed E-state index contributed by atoms with van der Waals surface area (Å²) in [6.45, 7) is 2.41. The fraction of sp³-hybridized carbons (Fsp3) is 0.550. The number of hydrogen-bond acceptors (Lipinski definition) is 4. The third kappa shape index (κ3) is 5.98. The van der Waals surface area contributed by atoms with Crippen molar-refractivity contribution in [2.75, 3.05) is 43.0 Å². The van der Waals surface area contributed by atoms with Crippen molar-refractivity contribution < 1.29 is 14.4 Å². The van der Waals surface area contributed by atoms with E-state index in [9.17, 15) is 14.4 Å². The Morgan fingerprint density at radius 2 is 1.71 bits per heavy atom. The molecule has 6 nitrogen and oxygen atoms in total. The SMILES string of the molecule is O=C(CSCC(=O)N1CCN(C(=O)C2CCCC2)CC1)Nc1cccc(Br)c1. The second-order valence-corrected chi connectivity index (χ2v) is 9.14. The number of hydrogen-bond donors (Lipinski definition) is 1. The minimum Gasteiger partial charge on any atom is -0.339 e. The van der Waals surface area contributed by atoms with E-state index < -0.39 is 0 Å². The van der Waals surface area contributed by atoms with E-state index in [0.717, 1.165) is 35.8 Å². The summed E-state index contributed by atoms with van der Waals surface area (Å²) in [5.41, 5.74) is 0.731. The third-order valence-electron chi connectivity index (χ3n) is 5.22. The van der Waals surface area contributed by atoms with E-state index in [1.807, 2.05) is 29.2 Å². The molecule has 1 saturated carbocycles. The van der Waals surface area contributed by atoms with Crippen molar-refractivity contribution >= 4 is 51.1 Å². The minimum absolute atomic E-state index is 0.0354. The first kappa shape index (κ1) is 21.2. The number of nitrogens with one attached hydrogen (secondary N) is 1. The van der Waals surface area contributed by atoms with Gasteiger partial charge in [-0.3, -0.25) is 14.4 Å². The summed E-state index contributed by atoms with van der Waals surface area (Å²) in [6.07, 6.45) is 4.33. The number of piperazine rings is 1. The monoisotopic (exact) mass is 467 g/mol. The van der Waals surface area contributed by atoms with Crippen molar-refractivity contribution in [3.63, 3.8) is 0 Å². The average Bonchev–Trinajstić information content (AvgIpc) is 3.22. The lowest BCUT2D eigenvalue weighted by Gasteiger charge is -2.36. The highest BCUT2D eigenvalue weighted by molar-refractivity contribution is 9.10. The molecule has 1 aromatic rings. The third-order valence-corrected chi connectivity index (χ3v) is 6.63. The Bertz CT molecular complexity index is 716. The maximum Gasteiger partial charge on any atom is 0.234 e. The van der Waals surface area contributed by atoms with Gasteiger partial charge in [-0.05, 0) is 31.0 Å². The Labute approximate surface area is 178 Å². The van der Waals surface area contributed by atoms with Gasteiger partial charge in [0, 0.05) is 42.3 Å². The molecule has 1 aromatic carbocycles. The molecule has 152 valence electrons. The van der Waals surface area contributed by atoms with E-state index in [4.69, 9.17) is 0 Å². The molecule has 0 bridgehead atoms. The first-order chi connectivity index (χ1) is 13.5. The van der Waals surface area contributed by atoms with Crippen molar-refractivity contribution in [1.82, 2.24) is 9.80 Å². The molecule has 0 unspecified atom stereocenters. The Morgan fingerprint density at radius 3 is 2.39 bits per heavy atom. The molecular formula is C20H26BrN3O3S. The molecule has 2 fully saturated rings. The van der Waals surface area contributed by atoms with Crippen LogP contribution in [0.5, 0.6) is 0 Å². The van der Waals surface area contributed by atoms with E-state index in [1.165, 1.54) is 11.8 Å². The van der Waals surface area contributed by atoms with Gasteiger partial charge in [0.1, 0.15) is 0 Å². The highest BCUT2D eigenvalue weighted by atomic mass is 79.9. The zero-order valence-corrected chi connectivity index (χ0v) is 18.3. The maximum absolute atomic E-state index is 12.5. The van der Waals surface area contributed by atoms with Crippen molar-refractivity contribution in [1.29, 1.82) is 0 Å². The number of nitrogens with zero attached hydrogens (tertiary/aromatic N) is 2. The molecule has 2 aliphatic rings. The van der Waals surface area contributed by atoms with Gasteiger partial charge in [0.05, 0.1) is 11.5 Å². The smallest absolute Gasteiger partial charge is 0.234 e. The second kappa shape index (κ2) is 10.3. The molecule has 28 heavy (non-hydrogen) atoms. The topological polar surface area (TPSA) is 69.7 Å². The lowest BCUT2D eigenvalue weighted by Crippen LogP contribution is -2.52. The molecule has 1 N–H and O–H groups in total. The predicted octanol–water partition coefficient (Wildman–Crippen LogP) is 2.98. The van der Waals surface area contributed by atoms with Gasteiger partial charge in [0.25, 0.3) is 0 Å². The summed E-state index contributed by atoms with van der Waals surface area (Å²) < 4.78 is 0.902. The largest absolute Gasteiger partial charge is 0.339 e. The van der Waals surface area contributed by atoms with E-state index in [1.54, 1.807) is 4.90 Å². The predicted molar refractivity (Wildman–Crippen MR) is 115 cm³/mol. The normalized spacial score (nSPS) is 17.6. The van der Waals surface area contributed by atoms with Gasteiger partial charge < -0.3 is 15.1 Å². The van der Waals surface area contributed by atoms with Gasteiger partial charge in [0.2, 0.25) is 17.7 Å². The minimum atomic E-state index is -0.122. The Kier molecular flexibility index (Phi) is 7.79. The van der Waals surface area contributed by atoms with Crippen LogP contribution in [0.15, 0.2) is 28.7 Å². The van der Waals surface area contributed by atoms with Crippen LogP contribution in [0, 0.1) is 5.92 Å². The number of rotatable bonds is 6. The Hall–Kier alpha value is -1.54. The number of amides is 3. The van der Waals surface area contributed by atoms with Gasteiger partial charge in [-0.15, -0.1) is 11.8 Å². The summed E-state index contributed by atoms with van der Waals surface area (Å²) in [4.78, 5) is 40.6. The number of thioether (sulfide) groups is 1. The lowest BCUT2D eigenvalue weighted by molar-refractivity contribution is -0.141. The van der Waals surface area contributed by atoms with Crippen molar-refractivity contribution in [2.45, 2.75) is 25.7 Å². The van der Waals surface area contributed by atoms with Crippen molar-refractivity contribution in [2.24, 2.45) is 5.92 Å². The molecule has 3 rings (SSSR count). The molecule has 1 aliphatic carbocycles.